The van der Waals surface area contributed by atoms with Crippen LogP contribution in [0.3, 0.4) is 0 Å². The summed E-state index contributed by atoms with van der Waals surface area (Å²) < 4.78 is 0. The molecule has 12 heavy (non-hydrogen) atoms. The first-order valence-electron chi connectivity index (χ1n) is 3.97. The predicted octanol–water partition coefficient (Wildman–Crippen LogP) is 0.0488. The number of carbonyl (C=O) groups is 1. The summed E-state index contributed by atoms with van der Waals surface area (Å²) in [7, 11) is 5.37. The molecule has 0 rings (SSSR count). The molecule has 0 spiro atoms. The highest BCUT2D eigenvalue weighted by Gasteiger charge is 2.19. The summed E-state index contributed by atoms with van der Waals surface area (Å²) in [6.45, 7) is 3.68. The maximum absolute atomic E-state index is 11.4. The minimum atomic E-state index is -0.429. The molecule has 0 fully saturated rings. The van der Waals surface area contributed by atoms with Gasteiger partial charge in [-0.2, -0.15) is 0 Å². The Balaban J connectivity index is 4.05. The Labute approximate surface area is 74.3 Å². The van der Waals surface area contributed by atoms with E-state index in [2.05, 4.69) is 0 Å². The predicted molar refractivity (Wildman–Crippen MR) is 49.3 cm³/mol. The number of nitrogens with two attached hydrogens (primary N) is 1. The SMILES string of the molecule is CN(C)N(C)C(=O)CC(C)(C)N. The maximum atomic E-state index is 11.4. The number of amides is 1. The molecule has 0 aromatic rings. The number of carbonyl (C=O) groups excluding carboxylic acids is 1. The van der Waals surface area contributed by atoms with Crippen LogP contribution in [0.5, 0.6) is 0 Å². The summed E-state index contributed by atoms with van der Waals surface area (Å²) in [6.07, 6.45) is 0.363. The van der Waals surface area contributed by atoms with Crippen LogP contribution in [0.1, 0.15) is 20.3 Å². The minimum Gasteiger partial charge on any atom is -0.325 e. The topological polar surface area (TPSA) is 49.6 Å². The standard InChI is InChI=1S/C8H19N3O/c1-8(2,9)6-7(12)11(5)10(3)4/h6,9H2,1-5H3. The molecule has 4 nitrogen and oxygen atoms in total. The quantitative estimate of drug-likeness (QED) is 0.613. The Morgan fingerprint density at radius 2 is 1.75 bits per heavy atom. The zero-order chi connectivity index (χ0) is 9.94. The Morgan fingerprint density at radius 3 is 2.00 bits per heavy atom. The summed E-state index contributed by atoms with van der Waals surface area (Å²) in [4.78, 5) is 11.4. The molecule has 0 unspecified atom stereocenters. The van der Waals surface area contributed by atoms with Gasteiger partial charge in [0.2, 0.25) is 5.91 Å². The Hall–Kier alpha value is -0.610. The van der Waals surface area contributed by atoms with Crippen molar-refractivity contribution in [1.29, 1.82) is 0 Å². The third-order valence-electron chi connectivity index (χ3n) is 1.57. The van der Waals surface area contributed by atoms with Gasteiger partial charge in [-0.3, -0.25) is 9.80 Å². The molecule has 0 aliphatic heterocycles. The first-order valence-corrected chi connectivity index (χ1v) is 3.97. The van der Waals surface area contributed by atoms with Crippen molar-refractivity contribution in [3.05, 3.63) is 0 Å². The van der Waals surface area contributed by atoms with Gasteiger partial charge in [0.05, 0.1) is 0 Å². The highest BCUT2D eigenvalue weighted by molar-refractivity contribution is 5.76. The van der Waals surface area contributed by atoms with Crippen molar-refractivity contribution in [3.8, 4) is 0 Å². The van der Waals surface area contributed by atoms with E-state index in [1.165, 1.54) is 0 Å². The molecule has 0 saturated heterocycles. The maximum Gasteiger partial charge on any atom is 0.238 e. The second-order valence-corrected chi connectivity index (χ2v) is 3.93. The lowest BCUT2D eigenvalue weighted by Gasteiger charge is -2.27. The number of hydrogen-bond donors (Lipinski definition) is 1. The smallest absolute Gasteiger partial charge is 0.238 e. The molecule has 0 radical (unpaired) electrons. The van der Waals surface area contributed by atoms with Crippen LogP contribution in [-0.2, 0) is 4.79 Å². The Morgan fingerprint density at radius 1 is 1.33 bits per heavy atom. The van der Waals surface area contributed by atoms with Gasteiger partial charge in [0, 0.05) is 33.1 Å². The van der Waals surface area contributed by atoms with E-state index in [-0.39, 0.29) is 5.91 Å². The van der Waals surface area contributed by atoms with Gasteiger partial charge < -0.3 is 5.73 Å². The Bertz CT molecular complexity index is 160. The van der Waals surface area contributed by atoms with Crippen molar-refractivity contribution in [2.24, 2.45) is 5.73 Å². The largest absolute Gasteiger partial charge is 0.325 e. The fraction of sp³-hybridized carbons (Fsp3) is 0.875. The summed E-state index contributed by atoms with van der Waals surface area (Å²) in [5, 5.41) is 3.28. The van der Waals surface area contributed by atoms with Crippen LogP contribution in [-0.4, -0.2) is 42.6 Å². The van der Waals surface area contributed by atoms with Crippen molar-refractivity contribution < 1.29 is 4.79 Å². The van der Waals surface area contributed by atoms with Crippen molar-refractivity contribution >= 4 is 5.91 Å². The normalized spacial score (nSPS) is 11.9. The summed E-state index contributed by atoms with van der Waals surface area (Å²) in [5.74, 6) is 0.0347. The van der Waals surface area contributed by atoms with Crippen LogP contribution < -0.4 is 5.73 Å². The summed E-state index contributed by atoms with van der Waals surface area (Å²) in [6, 6.07) is 0. The van der Waals surface area contributed by atoms with E-state index < -0.39 is 5.54 Å². The summed E-state index contributed by atoms with van der Waals surface area (Å²) >= 11 is 0. The van der Waals surface area contributed by atoms with Gasteiger partial charge >= 0.3 is 0 Å². The molecule has 0 aliphatic carbocycles. The first-order chi connectivity index (χ1) is 5.24. The molecular weight excluding hydrogens is 154 g/mol. The van der Waals surface area contributed by atoms with Crippen LogP contribution in [0.4, 0.5) is 0 Å². The molecule has 1 amide bonds. The highest BCUT2D eigenvalue weighted by atomic mass is 16.2. The minimum absolute atomic E-state index is 0.0347. The third kappa shape index (κ3) is 4.31. The zero-order valence-electron chi connectivity index (χ0n) is 8.59. The first kappa shape index (κ1) is 11.4. The van der Waals surface area contributed by atoms with Gasteiger partial charge in [0.1, 0.15) is 0 Å². The van der Waals surface area contributed by atoms with Gasteiger partial charge in [0.25, 0.3) is 0 Å². The fourth-order valence-electron chi connectivity index (χ4n) is 0.727. The molecule has 2 N–H and O–H groups in total. The number of nitrogens with zero attached hydrogens (tertiary/aromatic N) is 2. The number of rotatable bonds is 3. The van der Waals surface area contributed by atoms with E-state index >= 15 is 0 Å². The van der Waals surface area contributed by atoms with E-state index in [0.29, 0.717) is 6.42 Å². The highest BCUT2D eigenvalue weighted by Crippen LogP contribution is 2.06. The monoisotopic (exact) mass is 173 g/mol. The van der Waals surface area contributed by atoms with E-state index in [9.17, 15) is 4.79 Å². The lowest BCUT2D eigenvalue weighted by atomic mass is 10.0. The van der Waals surface area contributed by atoms with Crippen LogP contribution in [0.15, 0.2) is 0 Å². The molecule has 72 valence electrons. The van der Waals surface area contributed by atoms with Crippen LogP contribution in [0, 0.1) is 0 Å². The molecule has 4 heteroatoms. The molecule has 0 atom stereocenters. The van der Waals surface area contributed by atoms with Gasteiger partial charge in [-0.1, -0.05) is 0 Å². The third-order valence-corrected chi connectivity index (χ3v) is 1.57. The molecule has 0 aromatic carbocycles. The van der Waals surface area contributed by atoms with E-state index in [1.807, 2.05) is 27.9 Å². The lowest BCUT2D eigenvalue weighted by molar-refractivity contribution is -0.142. The number of hydrazine groups is 1. The van der Waals surface area contributed by atoms with Crippen molar-refractivity contribution in [3.63, 3.8) is 0 Å². The van der Waals surface area contributed by atoms with Crippen LogP contribution >= 0.6 is 0 Å². The molecule has 0 heterocycles. The second kappa shape index (κ2) is 3.87. The van der Waals surface area contributed by atoms with Crippen molar-refractivity contribution in [2.75, 3.05) is 21.1 Å². The van der Waals surface area contributed by atoms with Gasteiger partial charge in [-0.15, -0.1) is 0 Å². The van der Waals surface area contributed by atoms with Crippen LogP contribution in [0.2, 0.25) is 0 Å². The zero-order valence-corrected chi connectivity index (χ0v) is 8.59. The van der Waals surface area contributed by atoms with E-state index in [1.54, 1.807) is 17.1 Å². The lowest BCUT2D eigenvalue weighted by Crippen LogP contribution is -2.44. The van der Waals surface area contributed by atoms with E-state index in [0.717, 1.165) is 0 Å². The van der Waals surface area contributed by atoms with Crippen molar-refractivity contribution in [2.45, 2.75) is 25.8 Å². The van der Waals surface area contributed by atoms with E-state index in [4.69, 9.17) is 5.73 Å². The van der Waals surface area contributed by atoms with Crippen molar-refractivity contribution in [1.82, 2.24) is 10.0 Å². The van der Waals surface area contributed by atoms with Gasteiger partial charge in [-0.25, -0.2) is 5.01 Å². The van der Waals surface area contributed by atoms with Gasteiger partial charge in [0.15, 0.2) is 0 Å². The molecule has 0 bridgehead atoms. The Kier molecular flexibility index (Phi) is 3.67. The fourth-order valence-corrected chi connectivity index (χ4v) is 0.727. The number of hydrogen-bond acceptors (Lipinski definition) is 3. The molecular formula is C8H19N3O. The van der Waals surface area contributed by atoms with Gasteiger partial charge in [-0.05, 0) is 13.8 Å². The average molecular weight is 173 g/mol. The molecule has 0 aliphatic rings. The second-order valence-electron chi connectivity index (χ2n) is 3.93. The average Bonchev–Trinajstić information content (AvgIpc) is 1.82. The molecule has 0 saturated carbocycles. The summed E-state index contributed by atoms with van der Waals surface area (Å²) in [5.41, 5.74) is 5.28. The molecule has 0 aromatic heterocycles. The van der Waals surface area contributed by atoms with Crippen LogP contribution in [0.25, 0.3) is 0 Å².